The largest absolute Gasteiger partial charge is 0.392 e. The van der Waals surface area contributed by atoms with Gasteiger partial charge in [-0.05, 0) is 50.6 Å². The third-order valence-electron chi connectivity index (χ3n) is 2.83. The highest BCUT2D eigenvalue weighted by molar-refractivity contribution is 7.80. The number of thiol groups is 1. The molecular formula is C16H24N4OS. The van der Waals surface area contributed by atoms with Gasteiger partial charge >= 0.3 is 0 Å². The molecule has 22 heavy (non-hydrogen) atoms. The second-order valence-electron chi connectivity index (χ2n) is 5.01. The molecule has 2 aromatic heterocycles. The lowest BCUT2D eigenvalue weighted by atomic mass is 10.1. The van der Waals surface area contributed by atoms with Gasteiger partial charge in [0.25, 0.3) is 0 Å². The van der Waals surface area contributed by atoms with Gasteiger partial charge in [0, 0.05) is 35.1 Å². The summed E-state index contributed by atoms with van der Waals surface area (Å²) in [6.07, 6.45) is 3.29. The lowest BCUT2D eigenvalue weighted by Gasteiger charge is -2.04. The van der Waals surface area contributed by atoms with Crippen LogP contribution in [0.15, 0.2) is 41.6 Å². The van der Waals surface area contributed by atoms with E-state index in [-0.39, 0.29) is 6.10 Å². The van der Waals surface area contributed by atoms with E-state index in [0.29, 0.717) is 6.54 Å². The van der Waals surface area contributed by atoms with Crippen LogP contribution in [0.4, 0.5) is 0 Å². The van der Waals surface area contributed by atoms with E-state index in [1.54, 1.807) is 13.1 Å². The highest BCUT2D eigenvalue weighted by Crippen LogP contribution is 2.20. The fraction of sp³-hybridized carbons (Fsp3) is 0.312. The van der Waals surface area contributed by atoms with Crippen LogP contribution in [-0.2, 0) is 0 Å². The van der Waals surface area contributed by atoms with Crippen LogP contribution in [0.2, 0.25) is 0 Å². The minimum atomic E-state index is -0.338. The Hall–Kier alpha value is -1.76. The van der Waals surface area contributed by atoms with Gasteiger partial charge in [-0.1, -0.05) is 0 Å². The van der Waals surface area contributed by atoms with Crippen molar-refractivity contribution in [3.8, 4) is 11.3 Å². The quantitative estimate of drug-likeness (QED) is 0.551. The van der Waals surface area contributed by atoms with Crippen molar-refractivity contribution in [3.05, 3.63) is 47.9 Å². The molecule has 5 N–H and O–H groups in total. The van der Waals surface area contributed by atoms with Crippen molar-refractivity contribution in [1.29, 1.82) is 0 Å². The maximum Gasteiger partial charge on any atom is 0.0706 e. The topological polar surface area (TPSA) is 90.7 Å². The zero-order chi connectivity index (χ0) is 16.5. The maximum atomic E-state index is 8.24. The van der Waals surface area contributed by atoms with E-state index in [1.807, 2.05) is 31.3 Å². The smallest absolute Gasteiger partial charge is 0.0706 e. The van der Waals surface area contributed by atoms with Crippen LogP contribution in [0.25, 0.3) is 11.3 Å². The number of nitrogens with two attached hydrogens (primary N) is 1. The van der Waals surface area contributed by atoms with Crippen molar-refractivity contribution in [2.45, 2.75) is 31.8 Å². The molecule has 6 heteroatoms. The van der Waals surface area contributed by atoms with Crippen LogP contribution in [0.3, 0.4) is 0 Å². The molecule has 0 saturated heterocycles. The van der Waals surface area contributed by atoms with Gasteiger partial charge in [0.05, 0.1) is 11.8 Å². The van der Waals surface area contributed by atoms with E-state index >= 15 is 0 Å². The van der Waals surface area contributed by atoms with E-state index in [4.69, 9.17) is 10.8 Å². The Morgan fingerprint density at radius 3 is 2.55 bits per heavy atom. The van der Waals surface area contributed by atoms with Crippen molar-refractivity contribution in [1.82, 2.24) is 15.2 Å². The highest BCUT2D eigenvalue weighted by Gasteiger charge is 2.01. The molecule has 2 rings (SSSR count). The summed E-state index contributed by atoms with van der Waals surface area (Å²) in [5.74, 6) is 0. The molecular weight excluding hydrogens is 296 g/mol. The lowest BCUT2D eigenvalue weighted by Crippen LogP contribution is -2.14. The molecule has 0 saturated carbocycles. The summed E-state index contributed by atoms with van der Waals surface area (Å²) >= 11 is 4.24. The molecule has 1 atom stereocenters. The Labute approximate surface area is 136 Å². The summed E-state index contributed by atoms with van der Waals surface area (Å²) in [7, 11) is 0. The molecule has 120 valence electrons. The molecule has 0 aromatic carbocycles. The number of pyridine rings is 1. The van der Waals surface area contributed by atoms with Crippen LogP contribution in [0.1, 0.15) is 18.2 Å². The zero-order valence-corrected chi connectivity index (χ0v) is 14.1. The predicted octanol–water partition coefficient (Wildman–Crippen LogP) is 2.76. The molecule has 1 unspecified atom stereocenters. The van der Waals surface area contributed by atoms with Crippen LogP contribution in [-0.4, -0.2) is 32.9 Å². The number of nitrogens with one attached hydrogen (secondary N) is 2. The van der Waals surface area contributed by atoms with Gasteiger partial charge in [0.1, 0.15) is 0 Å². The van der Waals surface area contributed by atoms with Crippen molar-refractivity contribution in [3.63, 3.8) is 0 Å². The molecule has 0 aliphatic carbocycles. The molecule has 0 aliphatic rings. The molecule has 0 amide bonds. The SMILES string of the molecule is CC(O)CN.Cc1cc(C)c(-c2ccc(S)cn2)cc[nH][nH]1. The van der Waals surface area contributed by atoms with E-state index < -0.39 is 0 Å². The number of aliphatic hydroxyl groups is 1. The van der Waals surface area contributed by atoms with Gasteiger partial charge in [-0.25, -0.2) is 0 Å². The second-order valence-corrected chi connectivity index (χ2v) is 5.53. The van der Waals surface area contributed by atoms with E-state index in [9.17, 15) is 0 Å². The van der Waals surface area contributed by atoms with Crippen LogP contribution in [0.5, 0.6) is 0 Å². The summed E-state index contributed by atoms with van der Waals surface area (Å²) in [6.45, 7) is 6.10. The monoisotopic (exact) mass is 320 g/mol. The Morgan fingerprint density at radius 1 is 1.32 bits per heavy atom. The first-order valence-corrected chi connectivity index (χ1v) is 7.49. The number of hydrogen-bond donors (Lipinski definition) is 5. The number of aromatic amines is 2. The number of hydrogen-bond acceptors (Lipinski definition) is 4. The van der Waals surface area contributed by atoms with Crippen molar-refractivity contribution in [2.75, 3.05) is 6.54 Å². The normalized spacial score (nSPS) is 11.2. The number of aliphatic hydroxyl groups excluding tert-OH is 1. The lowest BCUT2D eigenvalue weighted by molar-refractivity contribution is 0.203. The number of aromatic nitrogens is 3. The molecule has 0 fully saturated rings. The molecule has 5 nitrogen and oxygen atoms in total. The molecule has 0 radical (unpaired) electrons. The van der Waals surface area contributed by atoms with Crippen molar-refractivity contribution < 1.29 is 5.11 Å². The molecule has 0 aliphatic heterocycles. The summed E-state index contributed by atoms with van der Waals surface area (Å²) < 4.78 is 0. The molecule has 0 bridgehead atoms. The number of aryl methyl sites for hydroxylation is 2. The summed E-state index contributed by atoms with van der Waals surface area (Å²) in [6, 6.07) is 8.01. The maximum absolute atomic E-state index is 8.24. The Balaban J connectivity index is 0.000000422. The Kier molecular flexibility index (Phi) is 7.73. The van der Waals surface area contributed by atoms with Gasteiger partial charge < -0.3 is 21.0 Å². The Morgan fingerprint density at radius 2 is 2.00 bits per heavy atom. The second kappa shape index (κ2) is 9.30. The van der Waals surface area contributed by atoms with Crippen LogP contribution >= 0.6 is 12.6 Å². The number of rotatable bonds is 2. The molecule has 0 spiro atoms. The first-order chi connectivity index (χ1) is 10.4. The fourth-order valence-electron chi connectivity index (χ4n) is 1.68. The van der Waals surface area contributed by atoms with Gasteiger partial charge in [0.2, 0.25) is 0 Å². The Bertz CT molecular complexity index is 615. The summed E-state index contributed by atoms with van der Waals surface area (Å²) in [5, 5.41) is 14.3. The first-order valence-electron chi connectivity index (χ1n) is 7.04. The van der Waals surface area contributed by atoms with Crippen molar-refractivity contribution >= 4 is 12.6 Å². The third-order valence-corrected chi connectivity index (χ3v) is 3.09. The third kappa shape index (κ3) is 6.34. The number of nitrogens with zero attached hydrogens (tertiary/aromatic N) is 1. The van der Waals surface area contributed by atoms with E-state index in [1.165, 1.54) is 5.56 Å². The van der Waals surface area contributed by atoms with Gasteiger partial charge in [0.15, 0.2) is 0 Å². The average Bonchev–Trinajstić information content (AvgIpc) is 2.47. The average molecular weight is 320 g/mol. The number of H-pyrrole nitrogens is 2. The van der Waals surface area contributed by atoms with E-state index in [2.05, 4.69) is 40.8 Å². The fourth-order valence-corrected chi connectivity index (χ4v) is 1.82. The highest BCUT2D eigenvalue weighted by atomic mass is 32.1. The minimum absolute atomic E-state index is 0.338. The molecule has 2 aromatic rings. The van der Waals surface area contributed by atoms with Gasteiger partial charge in [-0.3, -0.25) is 4.98 Å². The van der Waals surface area contributed by atoms with Crippen LogP contribution < -0.4 is 5.73 Å². The predicted molar refractivity (Wildman–Crippen MR) is 93.5 cm³/mol. The van der Waals surface area contributed by atoms with Gasteiger partial charge in [-0.2, -0.15) is 0 Å². The minimum Gasteiger partial charge on any atom is -0.392 e. The first kappa shape index (κ1) is 18.3. The standard InChI is InChI=1S/C13H15N3S.C3H9NO/c1-9-7-10(2)16-15-6-5-12(9)13-4-3-11(17)8-14-13;1-3(5)2-4/h3-8,15-17H,1-2H3;3,5H,2,4H2,1H3. The summed E-state index contributed by atoms with van der Waals surface area (Å²) in [5.41, 5.74) is 9.21. The van der Waals surface area contributed by atoms with Crippen molar-refractivity contribution in [2.24, 2.45) is 5.73 Å². The summed E-state index contributed by atoms with van der Waals surface area (Å²) in [4.78, 5) is 5.26. The van der Waals surface area contributed by atoms with Gasteiger partial charge in [-0.15, -0.1) is 12.6 Å². The van der Waals surface area contributed by atoms with Crippen LogP contribution in [0, 0.1) is 13.8 Å². The van der Waals surface area contributed by atoms with E-state index in [0.717, 1.165) is 21.8 Å². The zero-order valence-electron chi connectivity index (χ0n) is 13.2. The molecule has 2 heterocycles.